The van der Waals surface area contributed by atoms with Gasteiger partial charge in [0, 0.05) is 11.8 Å². The first-order valence-electron chi connectivity index (χ1n) is 8.62. The van der Waals surface area contributed by atoms with Crippen molar-refractivity contribution in [2.75, 3.05) is 0 Å². The van der Waals surface area contributed by atoms with Crippen LogP contribution in [0.3, 0.4) is 0 Å². The van der Waals surface area contributed by atoms with Crippen LogP contribution in [0.25, 0.3) is 0 Å². The van der Waals surface area contributed by atoms with Gasteiger partial charge in [0.25, 0.3) is 0 Å². The van der Waals surface area contributed by atoms with Gasteiger partial charge in [-0.05, 0) is 60.2 Å². The van der Waals surface area contributed by atoms with Crippen molar-refractivity contribution in [2.24, 2.45) is 46.3 Å². The van der Waals surface area contributed by atoms with Crippen LogP contribution in [-0.2, 0) is 4.79 Å². The number of ketones is 1. The Morgan fingerprint density at radius 2 is 1.05 bits per heavy atom. The Hall–Kier alpha value is -0.330. The molecule has 0 radical (unpaired) electrons. The molecular weight excluding hydrogens is 244 g/mol. The minimum Gasteiger partial charge on any atom is -0.299 e. The van der Waals surface area contributed by atoms with Crippen molar-refractivity contribution in [1.29, 1.82) is 0 Å². The fourth-order valence-corrected chi connectivity index (χ4v) is 5.43. The van der Waals surface area contributed by atoms with E-state index in [1.54, 1.807) is 0 Å². The summed E-state index contributed by atoms with van der Waals surface area (Å²) in [5.41, 5.74) is 0.754. The van der Waals surface area contributed by atoms with Gasteiger partial charge in [-0.25, -0.2) is 0 Å². The zero-order valence-corrected chi connectivity index (χ0v) is 14.2. The number of carbonyl (C=O) groups excluding carboxylic acids is 1. The number of Topliss-reactive ketones (excluding diaryl/α,β-unsaturated/α-hetero) is 1. The molecule has 20 heavy (non-hydrogen) atoms. The van der Waals surface area contributed by atoms with Gasteiger partial charge in [0.05, 0.1) is 0 Å². The summed E-state index contributed by atoms with van der Waals surface area (Å²) < 4.78 is 0. The fourth-order valence-electron chi connectivity index (χ4n) is 5.43. The zero-order chi connectivity index (χ0) is 14.9. The van der Waals surface area contributed by atoms with E-state index in [-0.39, 0.29) is 0 Å². The molecule has 114 valence electrons. The van der Waals surface area contributed by atoms with Crippen LogP contribution >= 0.6 is 0 Å². The summed E-state index contributed by atoms with van der Waals surface area (Å²) in [5, 5.41) is 0. The third-order valence-electron chi connectivity index (χ3n) is 6.95. The summed E-state index contributed by atoms with van der Waals surface area (Å²) in [4.78, 5) is 12.8. The Morgan fingerprint density at radius 1 is 0.700 bits per heavy atom. The Labute approximate surface area is 124 Å². The van der Waals surface area contributed by atoms with E-state index in [0.717, 1.165) is 23.7 Å². The number of fused-ring (bicyclic) bond motifs is 3. The molecule has 0 aromatic carbocycles. The molecule has 0 saturated heterocycles. The van der Waals surface area contributed by atoms with Gasteiger partial charge in [0.1, 0.15) is 5.78 Å². The third-order valence-corrected chi connectivity index (χ3v) is 6.95. The lowest BCUT2D eigenvalue weighted by Crippen LogP contribution is -2.22. The van der Waals surface area contributed by atoms with Gasteiger partial charge in [0.15, 0.2) is 0 Å². The van der Waals surface area contributed by atoms with Crippen LogP contribution in [0.2, 0.25) is 0 Å². The lowest BCUT2D eigenvalue weighted by molar-refractivity contribution is -0.124. The molecule has 0 aromatic heterocycles. The first-order chi connectivity index (χ1) is 9.09. The van der Waals surface area contributed by atoms with Crippen LogP contribution in [-0.4, -0.2) is 5.78 Å². The molecule has 0 aliphatic heterocycles. The fraction of sp³-hybridized carbons (Fsp3) is 0.947. The predicted molar refractivity (Wildman–Crippen MR) is 83.3 cm³/mol. The molecule has 0 aromatic rings. The molecule has 3 saturated carbocycles. The molecule has 3 aliphatic rings. The molecule has 3 rings (SSSR count). The topological polar surface area (TPSA) is 17.1 Å². The Kier molecular flexibility index (Phi) is 3.16. The van der Waals surface area contributed by atoms with Crippen molar-refractivity contribution in [1.82, 2.24) is 0 Å². The average molecular weight is 276 g/mol. The summed E-state index contributed by atoms with van der Waals surface area (Å²) in [6.45, 7) is 14.1. The number of hydrogen-bond acceptors (Lipinski definition) is 1. The molecule has 6 unspecified atom stereocenters. The smallest absolute Gasteiger partial charge is 0.139 e. The van der Waals surface area contributed by atoms with Crippen molar-refractivity contribution in [3.8, 4) is 0 Å². The molecule has 0 amide bonds. The number of hydrogen-bond donors (Lipinski definition) is 0. The Morgan fingerprint density at radius 3 is 1.35 bits per heavy atom. The maximum atomic E-state index is 12.8. The second kappa shape index (κ2) is 4.34. The molecule has 3 aliphatic carbocycles. The average Bonchev–Trinajstić information content (AvgIpc) is 2.93. The highest BCUT2D eigenvalue weighted by Crippen LogP contribution is 2.61. The van der Waals surface area contributed by atoms with Gasteiger partial charge in [-0.3, -0.25) is 4.79 Å². The van der Waals surface area contributed by atoms with Gasteiger partial charge in [0.2, 0.25) is 0 Å². The summed E-state index contributed by atoms with van der Waals surface area (Å²) >= 11 is 0. The van der Waals surface area contributed by atoms with Crippen LogP contribution in [0.15, 0.2) is 0 Å². The van der Waals surface area contributed by atoms with Gasteiger partial charge >= 0.3 is 0 Å². The molecule has 6 atom stereocenters. The van der Waals surface area contributed by atoms with Gasteiger partial charge in [-0.1, -0.05) is 41.5 Å². The molecule has 0 bridgehead atoms. The molecule has 0 heterocycles. The minimum atomic E-state index is 0.377. The number of rotatable bonds is 0. The van der Waals surface area contributed by atoms with E-state index in [2.05, 4.69) is 41.5 Å². The quantitative estimate of drug-likeness (QED) is 0.612. The largest absolute Gasteiger partial charge is 0.299 e. The molecule has 0 N–H and O–H groups in total. The molecule has 3 fully saturated rings. The van der Waals surface area contributed by atoms with E-state index in [1.807, 2.05) is 0 Å². The molecule has 0 spiro atoms. The first kappa shape index (κ1) is 14.6. The highest BCUT2D eigenvalue weighted by atomic mass is 16.1. The van der Waals surface area contributed by atoms with Crippen LogP contribution in [0.1, 0.15) is 67.2 Å². The van der Waals surface area contributed by atoms with Crippen molar-refractivity contribution in [2.45, 2.75) is 67.2 Å². The third kappa shape index (κ3) is 2.16. The first-order valence-corrected chi connectivity index (χ1v) is 8.62. The Bertz CT molecular complexity index is 370. The lowest BCUT2D eigenvalue weighted by Gasteiger charge is -2.29. The highest BCUT2D eigenvalue weighted by Gasteiger charge is 2.58. The standard InChI is InChI=1S/C19H32O/c1-18(2,3)11-7-13-14-8-12(19(4,5)6)10-16(14)17(20)15(13)9-11/h11-16H,7-10H2,1-6H3. The van der Waals surface area contributed by atoms with Gasteiger partial charge in [-0.15, -0.1) is 0 Å². The number of carbonyl (C=O) groups is 1. The second-order valence-electron chi connectivity index (χ2n) is 10.0. The van der Waals surface area contributed by atoms with E-state index in [4.69, 9.17) is 0 Å². The van der Waals surface area contributed by atoms with E-state index in [1.165, 1.54) is 25.7 Å². The van der Waals surface area contributed by atoms with E-state index in [0.29, 0.717) is 28.4 Å². The monoisotopic (exact) mass is 276 g/mol. The van der Waals surface area contributed by atoms with Crippen molar-refractivity contribution >= 4 is 5.78 Å². The van der Waals surface area contributed by atoms with E-state index < -0.39 is 0 Å². The van der Waals surface area contributed by atoms with E-state index in [9.17, 15) is 4.79 Å². The summed E-state index contributed by atoms with van der Waals surface area (Å²) in [6.07, 6.45) is 5.00. The van der Waals surface area contributed by atoms with Crippen LogP contribution in [0.4, 0.5) is 0 Å². The van der Waals surface area contributed by atoms with Gasteiger partial charge in [-0.2, -0.15) is 0 Å². The van der Waals surface area contributed by atoms with Crippen molar-refractivity contribution in [3.63, 3.8) is 0 Å². The summed E-state index contributed by atoms with van der Waals surface area (Å²) in [7, 11) is 0. The summed E-state index contributed by atoms with van der Waals surface area (Å²) in [5.74, 6) is 4.48. The Balaban J connectivity index is 1.77. The molecule has 1 heteroatoms. The minimum absolute atomic E-state index is 0.377. The van der Waals surface area contributed by atoms with Crippen LogP contribution in [0.5, 0.6) is 0 Å². The lowest BCUT2D eigenvalue weighted by atomic mass is 9.76. The van der Waals surface area contributed by atoms with Crippen molar-refractivity contribution in [3.05, 3.63) is 0 Å². The maximum absolute atomic E-state index is 12.8. The normalized spacial score (nSPS) is 44.8. The van der Waals surface area contributed by atoms with Crippen LogP contribution < -0.4 is 0 Å². The van der Waals surface area contributed by atoms with Crippen LogP contribution in [0, 0.1) is 46.3 Å². The second-order valence-corrected chi connectivity index (χ2v) is 10.0. The maximum Gasteiger partial charge on any atom is 0.139 e. The predicted octanol–water partition coefficient (Wildman–Crippen LogP) is 4.95. The molecule has 1 nitrogen and oxygen atoms in total. The van der Waals surface area contributed by atoms with E-state index >= 15 is 0 Å². The van der Waals surface area contributed by atoms with Gasteiger partial charge < -0.3 is 0 Å². The SMILES string of the molecule is CC(C)(C)C1CC2C(=O)C3CC(C(C)(C)C)CC3C2C1. The van der Waals surface area contributed by atoms with Crippen molar-refractivity contribution < 1.29 is 4.79 Å². The summed E-state index contributed by atoms with van der Waals surface area (Å²) in [6, 6.07) is 0. The highest BCUT2D eigenvalue weighted by molar-refractivity contribution is 5.87. The molecular formula is C19H32O. The zero-order valence-electron chi connectivity index (χ0n) is 14.2.